The first-order valence-electron chi connectivity index (χ1n) is 4.83. The van der Waals surface area contributed by atoms with Gasteiger partial charge in [0.1, 0.15) is 11.9 Å². The lowest BCUT2D eigenvalue weighted by Crippen LogP contribution is -2.08. The van der Waals surface area contributed by atoms with Crippen LogP contribution in [0.25, 0.3) is 0 Å². The molecule has 0 aliphatic heterocycles. The van der Waals surface area contributed by atoms with E-state index in [0.29, 0.717) is 0 Å². The first kappa shape index (κ1) is 11.7. The molecule has 1 unspecified atom stereocenters. The highest BCUT2D eigenvalue weighted by Crippen LogP contribution is 2.31. The molecule has 6 heteroatoms. The molecular formula is C11H9F3N2O. The molecule has 3 nitrogen and oxygen atoms in total. The van der Waals surface area contributed by atoms with Crippen LogP contribution >= 0.6 is 0 Å². The number of alkyl halides is 3. The van der Waals surface area contributed by atoms with Gasteiger partial charge in [-0.25, -0.2) is 4.98 Å². The first-order chi connectivity index (χ1) is 7.98. The molecule has 0 saturated carbocycles. The second-order valence-corrected chi connectivity index (χ2v) is 3.50. The predicted octanol–water partition coefficient (Wildman–Crippen LogP) is 2.51. The molecule has 17 heavy (non-hydrogen) atoms. The number of nitrogens with zero attached hydrogens (tertiary/aromatic N) is 1. The van der Waals surface area contributed by atoms with E-state index < -0.39 is 17.8 Å². The van der Waals surface area contributed by atoms with Crippen molar-refractivity contribution in [2.45, 2.75) is 12.3 Å². The van der Waals surface area contributed by atoms with Gasteiger partial charge in [-0.05, 0) is 17.7 Å². The normalized spacial score (nSPS) is 13.6. The van der Waals surface area contributed by atoms with Crippen molar-refractivity contribution in [1.29, 1.82) is 0 Å². The van der Waals surface area contributed by atoms with Crippen LogP contribution in [0, 0.1) is 0 Å². The first-order valence-corrected chi connectivity index (χ1v) is 4.83. The third-order valence-electron chi connectivity index (χ3n) is 2.31. The van der Waals surface area contributed by atoms with Gasteiger partial charge in [0.05, 0.1) is 5.56 Å². The van der Waals surface area contributed by atoms with E-state index in [1.165, 1.54) is 24.5 Å². The van der Waals surface area contributed by atoms with E-state index >= 15 is 0 Å². The number of hydrogen-bond donors (Lipinski definition) is 2. The van der Waals surface area contributed by atoms with Gasteiger partial charge >= 0.3 is 6.18 Å². The number of imidazole rings is 1. The fraction of sp³-hybridized carbons (Fsp3) is 0.182. The Hall–Kier alpha value is -1.82. The highest BCUT2D eigenvalue weighted by molar-refractivity contribution is 5.29. The molecule has 2 aromatic rings. The fourth-order valence-corrected chi connectivity index (χ4v) is 1.47. The Kier molecular flexibility index (Phi) is 2.89. The summed E-state index contributed by atoms with van der Waals surface area (Å²) in [5.41, 5.74) is -0.643. The van der Waals surface area contributed by atoms with Crippen molar-refractivity contribution in [2.24, 2.45) is 0 Å². The van der Waals surface area contributed by atoms with Gasteiger partial charge in [-0.3, -0.25) is 0 Å². The van der Waals surface area contributed by atoms with Crippen molar-refractivity contribution in [2.75, 3.05) is 0 Å². The van der Waals surface area contributed by atoms with Gasteiger partial charge in [-0.2, -0.15) is 13.2 Å². The molecule has 0 bridgehead atoms. The number of benzene rings is 1. The molecule has 0 saturated heterocycles. The zero-order valence-corrected chi connectivity index (χ0v) is 8.57. The summed E-state index contributed by atoms with van der Waals surface area (Å²) in [6.45, 7) is 0. The van der Waals surface area contributed by atoms with Gasteiger partial charge in [0.15, 0.2) is 0 Å². The summed E-state index contributed by atoms with van der Waals surface area (Å²) in [6, 6.07) is 4.54. The number of H-pyrrole nitrogens is 1. The minimum Gasteiger partial charge on any atom is -0.380 e. The molecule has 90 valence electrons. The van der Waals surface area contributed by atoms with Crippen molar-refractivity contribution in [3.05, 3.63) is 53.6 Å². The molecule has 1 atom stereocenters. The molecule has 0 radical (unpaired) electrons. The van der Waals surface area contributed by atoms with Crippen LogP contribution in [0.15, 0.2) is 36.7 Å². The minimum atomic E-state index is -4.42. The Balaban J connectivity index is 2.34. The van der Waals surface area contributed by atoms with Crippen LogP contribution in [-0.2, 0) is 6.18 Å². The Morgan fingerprint density at radius 3 is 2.65 bits per heavy atom. The third kappa shape index (κ3) is 2.47. The number of aliphatic hydroxyl groups excluding tert-OH is 1. The largest absolute Gasteiger partial charge is 0.416 e. The average Bonchev–Trinajstić information content (AvgIpc) is 2.80. The smallest absolute Gasteiger partial charge is 0.380 e. The maximum absolute atomic E-state index is 12.5. The Bertz CT molecular complexity index is 494. The molecule has 2 N–H and O–H groups in total. The predicted molar refractivity (Wildman–Crippen MR) is 54.1 cm³/mol. The van der Waals surface area contributed by atoms with Crippen LogP contribution in [-0.4, -0.2) is 15.1 Å². The third-order valence-corrected chi connectivity index (χ3v) is 2.31. The Morgan fingerprint density at radius 2 is 2.06 bits per heavy atom. The Morgan fingerprint density at radius 1 is 1.29 bits per heavy atom. The number of rotatable bonds is 2. The van der Waals surface area contributed by atoms with Crippen molar-refractivity contribution in [3.63, 3.8) is 0 Å². The molecule has 0 spiro atoms. The lowest BCUT2D eigenvalue weighted by atomic mass is 10.1. The topological polar surface area (TPSA) is 48.9 Å². The van der Waals surface area contributed by atoms with Gasteiger partial charge in [0.2, 0.25) is 0 Å². The standard InChI is InChI=1S/C11H9F3N2O/c12-11(13,14)8-3-1-2-7(6-8)9(17)10-15-4-5-16-10/h1-6,9,17H,(H,15,16). The zero-order chi connectivity index (χ0) is 12.5. The van der Waals surface area contributed by atoms with Gasteiger partial charge in [0.25, 0.3) is 0 Å². The molecule has 1 aromatic carbocycles. The molecule has 0 fully saturated rings. The van der Waals surface area contributed by atoms with E-state index in [2.05, 4.69) is 9.97 Å². The number of nitrogens with one attached hydrogen (secondary N) is 1. The summed E-state index contributed by atoms with van der Waals surface area (Å²) in [7, 11) is 0. The second-order valence-electron chi connectivity index (χ2n) is 3.50. The quantitative estimate of drug-likeness (QED) is 0.850. The van der Waals surface area contributed by atoms with Crippen LogP contribution in [0.5, 0.6) is 0 Å². The molecule has 0 amide bonds. The summed E-state index contributed by atoms with van der Waals surface area (Å²) in [6.07, 6.45) is -2.69. The second kappa shape index (κ2) is 4.21. The number of halogens is 3. The number of aromatic amines is 1. The average molecular weight is 242 g/mol. The van der Waals surface area contributed by atoms with Crippen LogP contribution in [0.3, 0.4) is 0 Å². The summed E-state index contributed by atoms with van der Waals surface area (Å²) < 4.78 is 37.4. The van der Waals surface area contributed by atoms with Crippen molar-refractivity contribution < 1.29 is 18.3 Å². The molecule has 1 aromatic heterocycles. The number of hydrogen-bond acceptors (Lipinski definition) is 2. The molecule has 0 aliphatic rings. The van der Waals surface area contributed by atoms with E-state index in [0.717, 1.165) is 12.1 Å². The molecule has 2 rings (SSSR count). The summed E-state index contributed by atoms with van der Waals surface area (Å²) >= 11 is 0. The van der Waals surface area contributed by atoms with Crippen LogP contribution in [0.4, 0.5) is 13.2 Å². The lowest BCUT2D eigenvalue weighted by molar-refractivity contribution is -0.137. The van der Waals surface area contributed by atoms with Crippen LogP contribution < -0.4 is 0 Å². The van der Waals surface area contributed by atoms with Gasteiger partial charge in [-0.15, -0.1) is 0 Å². The van der Waals surface area contributed by atoms with Gasteiger partial charge < -0.3 is 10.1 Å². The van der Waals surface area contributed by atoms with E-state index in [9.17, 15) is 18.3 Å². The van der Waals surface area contributed by atoms with Crippen molar-refractivity contribution >= 4 is 0 Å². The van der Waals surface area contributed by atoms with Gasteiger partial charge in [0, 0.05) is 12.4 Å². The molecule has 0 aliphatic carbocycles. The summed E-state index contributed by atoms with van der Waals surface area (Å²) in [5, 5.41) is 9.81. The highest BCUT2D eigenvalue weighted by atomic mass is 19.4. The summed E-state index contributed by atoms with van der Waals surface area (Å²) in [5.74, 6) is 0.212. The monoisotopic (exact) mass is 242 g/mol. The highest BCUT2D eigenvalue weighted by Gasteiger charge is 2.31. The van der Waals surface area contributed by atoms with E-state index in [4.69, 9.17) is 0 Å². The molecular weight excluding hydrogens is 233 g/mol. The number of aliphatic hydroxyl groups is 1. The van der Waals surface area contributed by atoms with Crippen molar-refractivity contribution in [3.8, 4) is 0 Å². The summed E-state index contributed by atoms with van der Waals surface area (Å²) in [4.78, 5) is 6.45. The fourth-order valence-electron chi connectivity index (χ4n) is 1.47. The SMILES string of the molecule is OC(c1cccc(C(F)(F)F)c1)c1ncc[nH]1. The maximum atomic E-state index is 12.5. The zero-order valence-electron chi connectivity index (χ0n) is 8.57. The number of aromatic nitrogens is 2. The lowest BCUT2D eigenvalue weighted by Gasteiger charge is -2.11. The van der Waals surface area contributed by atoms with Gasteiger partial charge in [-0.1, -0.05) is 12.1 Å². The van der Waals surface area contributed by atoms with Crippen molar-refractivity contribution in [1.82, 2.24) is 9.97 Å². The Labute approximate surface area is 94.9 Å². The van der Waals surface area contributed by atoms with Crippen LogP contribution in [0.1, 0.15) is 23.1 Å². The maximum Gasteiger partial charge on any atom is 0.416 e. The van der Waals surface area contributed by atoms with E-state index in [1.54, 1.807) is 0 Å². The van der Waals surface area contributed by atoms with E-state index in [1.807, 2.05) is 0 Å². The van der Waals surface area contributed by atoms with Crippen LogP contribution in [0.2, 0.25) is 0 Å². The molecule has 1 heterocycles. The minimum absolute atomic E-state index is 0.148. The van der Waals surface area contributed by atoms with E-state index in [-0.39, 0.29) is 11.4 Å².